The monoisotopic (exact) mass is 306 g/mol. The Morgan fingerprint density at radius 2 is 2.05 bits per heavy atom. The fourth-order valence-electron chi connectivity index (χ4n) is 2.65. The van der Waals surface area contributed by atoms with E-state index in [0.29, 0.717) is 0 Å². The van der Waals surface area contributed by atoms with E-state index in [0.717, 1.165) is 50.4 Å². The molecule has 1 fully saturated rings. The number of para-hydroxylation sites is 1. The SMILES string of the molecule is COCCN1CCC(NC(=O)COc2ccccc2C)CC1. The first-order chi connectivity index (χ1) is 10.7. The molecule has 0 spiro atoms. The summed E-state index contributed by atoms with van der Waals surface area (Å²) in [4.78, 5) is 14.4. The average molecular weight is 306 g/mol. The maximum absolute atomic E-state index is 12.0. The number of carbonyl (C=O) groups is 1. The Kier molecular flexibility index (Phi) is 6.68. The highest BCUT2D eigenvalue weighted by molar-refractivity contribution is 5.77. The highest BCUT2D eigenvalue weighted by Gasteiger charge is 2.20. The van der Waals surface area contributed by atoms with Crippen molar-refractivity contribution >= 4 is 5.91 Å². The van der Waals surface area contributed by atoms with E-state index in [1.807, 2.05) is 31.2 Å². The molecule has 122 valence electrons. The van der Waals surface area contributed by atoms with E-state index >= 15 is 0 Å². The summed E-state index contributed by atoms with van der Waals surface area (Å²) in [6.45, 7) is 5.80. The molecule has 2 rings (SSSR count). The molecule has 5 heteroatoms. The molecule has 22 heavy (non-hydrogen) atoms. The molecular weight excluding hydrogens is 280 g/mol. The highest BCUT2D eigenvalue weighted by atomic mass is 16.5. The summed E-state index contributed by atoms with van der Waals surface area (Å²) in [6.07, 6.45) is 1.97. The van der Waals surface area contributed by atoms with Gasteiger partial charge in [-0.2, -0.15) is 0 Å². The number of hydrogen-bond acceptors (Lipinski definition) is 4. The minimum atomic E-state index is -0.0430. The van der Waals surface area contributed by atoms with Gasteiger partial charge in [0.05, 0.1) is 6.61 Å². The van der Waals surface area contributed by atoms with Gasteiger partial charge in [0.1, 0.15) is 5.75 Å². The molecule has 1 heterocycles. The maximum Gasteiger partial charge on any atom is 0.258 e. The largest absolute Gasteiger partial charge is 0.484 e. The maximum atomic E-state index is 12.0. The lowest BCUT2D eigenvalue weighted by Gasteiger charge is -2.32. The normalized spacial score (nSPS) is 16.5. The lowest BCUT2D eigenvalue weighted by molar-refractivity contribution is -0.124. The Balaban J connectivity index is 1.67. The Morgan fingerprint density at radius 3 is 2.73 bits per heavy atom. The minimum Gasteiger partial charge on any atom is -0.484 e. The third kappa shape index (κ3) is 5.31. The molecule has 1 N–H and O–H groups in total. The van der Waals surface area contributed by atoms with Gasteiger partial charge in [0.25, 0.3) is 5.91 Å². The standard InChI is InChI=1S/C17H26N2O3/c1-14-5-3-4-6-16(14)22-13-17(20)18-15-7-9-19(10-8-15)11-12-21-2/h3-6,15H,7-13H2,1-2H3,(H,18,20). The second-order valence-corrected chi connectivity index (χ2v) is 5.73. The predicted octanol–water partition coefficient (Wildman–Crippen LogP) is 1.60. The van der Waals surface area contributed by atoms with E-state index in [9.17, 15) is 4.79 Å². The summed E-state index contributed by atoms with van der Waals surface area (Å²) in [5.41, 5.74) is 1.04. The number of aryl methyl sites for hydroxylation is 1. The Bertz CT molecular complexity index is 471. The van der Waals surface area contributed by atoms with Crippen LogP contribution in [-0.2, 0) is 9.53 Å². The number of nitrogens with zero attached hydrogens (tertiary/aromatic N) is 1. The van der Waals surface area contributed by atoms with Crippen LogP contribution in [0.4, 0.5) is 0 Å². The third-order valence-electron chi connectivity index (χ3n) is 4.02. The number of methoxy groups -OCH3 is 1. The summed E-state index contributed by atoms with van der Waals surface area (Å²) < 4.78 is 10.7. The smallest absolute Gasteiger partial charge is 0.258 e. The number of hydrogen-bond donors (Lipinski definition) is 1. The van der Waals surface area contributed by atoms with Crippen LogP contribution < -0.4 is 10.1 Å². The number of ether oxygens (including phenoxy) is 2. The molecule has 5 nitrogen and oxygen atoms in total. The van der Waals surface area contributed by atoms with Gasteiger partial charge in [-0.25, -0.2) is 0 Å². The first kappa shape index (κ1) is 16.8. The van der Waals surface area contributed by atoms with Crippen molar-refractivity contribution in [2.75, 3.05) is 40.0 Å². The van der Waals surface area contributed by atoms with Crippen LogP contribution in [0.5, 0.6) is 5.75 Å². The third-order valence-corrected chi connectivity index (χ3v) is 4.02. The fraction of sp³-hybridized carbons (Fsp3) is 0.588. The van der Waals surface area contributed by atoms with Gasteiger partial charge in [-0.15, -0.1) is 0 Å². The Morgan fingerprint density at radius 1 is 1.32 bits per heavy atom. The van der Waals surface area contributed by atoms with Crippen LogP contribution in [0.2, 0.25) is 0 Å². The van der Waals surface area contributed by atoms with Crippen molar-refractivity contribution < 1.29 is 14.3 Å². The molecule has 1 saturated heterocycles. The van der Waals surface area contributed by atoms with E-state index in [1.54, 1.807) is 7.11 Å². The summed E-state index contributed by atoms with van der Waals surface area (Å²) in [7, 11) is 1.72. The Labute approximate surface area is 132 Å². The average Bonchev–Trinajstić information content (AvgIpc) is 2.53. The molecule has 0 aliphatic carbocycles. The van der Waals surface area contributed by atoms with Crippen molar-refractivity contribution in [3.63, 3.8) is 0 Å². The van der Waals surface area contributed by atoms with Crippen LogP contribution in [0, 0.1) is 6.92 Å². The lowest BCUT2D eigenvalue weighted by Crippen LogP contribution is -2.46. The van der Waals surface area contributed by atoms with E-state index in [2.05, 4.69) is 10.2 Å². The second kappa shape index (κ2) is 8.76. The number of rotatable bonds is 7. The molecule has 0 radical (unpaired) electrons. The van der Waals surface area contributed by atoms with Gasteiger partial charge in [0.15, 0.2) is 6.61 Å². The van der Waals surface area contributed by atoms with E-state index < -0.39 is 0 Å². The Hall–Kier alpha value is -1.59. The summed E-state index contributed by atoms with van der Waals surface area (Å²) in [5, 5.41) is 3.06. The molecule has 1 aromatic rings. The zero-order valence-corrected chi connectivity index (χ0v) is 13.5. The van der Waals surface area contributed by atoms with Gasteiger partial charge in [-0.3, -0.25) is 4.79 Å². The van der Waals surface area contributed by atoms with Crippen LogP contribution in [0.25, 0.3) is 0 Å². The van der Waals surface area contributed by atoms with Crippen LogP contribution >= 0.6 is 0 Å². The number of likely N-dealkylation sites (tertiary alicyclic amines) is 1. The summed E-state index contributed by atoms with van der Waals surface area (Å²) in [6, 6.07) is 7.99. The van der Waals surface area contributed by atoms with Gasteiger partial charge < -0.3 is 19.7 Å². The summed E-state index contributed by atoms with van der Waals surface area (Å²) >= 11 is 0. The van der Waals surface area contributed by atoms with Crippen LogP contribution in [0.1, 0.15) is 18.4 Å². The van der Waals surface area contributed by atoms with Crippen molar-refractivity contribution in [3.05, 3.63) is 29.8 Å². The molecule has 1 aliphatic rings. The van der Waals surface area contributed by atoms with Gasteiger partial charge in [0.2, 0.25) is 0 Å². The van der Waals surface area contributed by atoms with Crippen molar-refractivity contribution in [3.8, 4) is 5.75 Å². The van der Waals surface area contributed by atoms with E-state index in [4.69, 9.17) is 9.47 Å². The zero-order chi connectivity index (χ0) is 15.8. The number of carbonyl (C=O) groups excluding carboxylic acids is 1. The van der Waals surface area contributed by atoms with Gasteiger partial charge in [-0.05, 0) is 31.4 Å². The molecule has 0 atom stereocenters. The minimum absolute atomic E-state index is 0.0430. The van der Waals surface area contributed by atoms with Crippen molar-refractivity contribution in [1.82, 2.24) is 10.2 Å². The molecule has 0 bridgehead atoms. The molecule has 0 unspecified atom stereocenters. The number of piperidine rings is 1. The molecule has 0 aromatic heterocycles. The molecular formula is C17H26N2O3. The van der Waals surface area contributed by atoms with Gasteiger partial charge >= 0.3 is 0 Å². The van der Waals surface area contributed by atoms with Crippen LogP contribution in [0.3, 0.4) is 0 Å². The second-order valence-electron chi connectivity index (χ2n) is 5.73. The van der Waals surface area contributed by atoms with Crippen LogP contribution in [-0.4, -0.2) is 56.8 Å². The zero-order valence-electron chi connectivity index (χ0n) is 13.5. The first-order valence-corrected chi connectivity index (χ1v) is 7.88. The predicted molar refractivity (Wildman–Crippen MR) is 86.2 cm³/mol. The van der Waals surface area contributed by atoms with Gasteiger partial charge in [-0.1, -0.05) is 18.2 Å². The highest BCUT2D eigenvalue weighted by Crippen LogP contribution is 2.16. The molecule has 1 aromatic carbocycles. The van der Waals surface area contributed by atoms with Crippen LogP contribution in [0.15, 0.2) is 24.3 Å². The number of benzene rings is 1. The topological polar surface area (TPSA) is 50.8 Å². The summed E-state index contributed by atoms with van der Waals surface area (Å²) in [5.74, 6) is 0.727. The van der Waals surface area contributed by atoms with Gasteiger partial charge in [0, 0.05) is 32.8 Å². The lowest BCUT2D eigenvalue weighted by atomic mass is 10.1. The van der Waals surface area contributed by atoms with E-state index in [-0.39, 0.29) is 18.6 Å². The molecule has 1 aliphatic heterocycles. The van der Waals surface area contributed by atoms with Crippen molar-refractivity contribution in [2.45, 2.75) is 25.8 Å². The quantitative estimate of drug-likeness (QED) is 0.831. The first-order valence-electron chi connectivity index (χ1n) is 7.88. The number of nitrogens with one attached hydrogen (secondary N) is 1. The molecule has 1 amide bonds. The molecule has 0 saturated carbocycles. The van der Waals surface area contributed by atoms with Crippen molar-refractivity contribution in [2.24, 2.45) is 0 Å². The van der Waals surface area contributed by atoms with E-state index in [1.165, 1.54) is 0 Å². The fourth-order valence-corrected chi connectivity index (χ4v) is 2.65. The number of amides is 1. The van der Waals surface area contributed by atoms with Crippen molar-refractivity contribution in [1.29, 1.82) is 0 Å².